The van der Waals surface area contributed by atoms with E-state index in [1.807, 2.05) is 0 Å². The molecule has 0 aliphatic carbocycles. The number of hydrogen-bond donors (Lipinski definition) is 16. The third-order valence-corrected chi connectivity index (χ3v) is 17.6. The molecule has 3 heterocycles. The fourth-order valence-corrected chi connectivity index (χ4v) is 11.4. The number of rotatable bonds is 48. The number of carboxylic acid groups (broad SMARTS) is 1. The van der Waals surface area contributed by atoms with Gasteiger partial charge in [-0.15, -0.1) is 0 Å². The zero-order valence-electron chi connectivity index (χ0n) is 52.5. The van der Waals surface area contributed by atoms with Gasteiger partial charge in [-0.3, -0.25) is 9.59 Å². The molecule has 0 radical (unpaired) electrons. The first kappa shape index (κ1) is 78.9. The van der Waals surface area contributed by atoms with Crippen molar-refractivity contribution in [2.24, 2.45) is 5.92 Å². The van der Waals surface area contributed by atoms with E-state index in [9.17, 15) is 85.9 Å². The van der Waals surface area contributed by atoms with Gasteiger partial charge >= 0.3 is 5.97 Å². The van der Waals surface area contributed by atoms with Crippen molar-refractivity contribution in [1.29, 1.82) is 0 Å². The van der Waals surface area contributed by atoms with E-state index >= 15 is 0 Å². The lowest BCUT2D eigenvalue weighted by molar-refractivity contribution is -0.339. The van der Waals surface area contributed by atoms with Crippen molar-refractivity contribution in [2.45, 2.75) is 342 Å². The highest BCUT2D eigenvalue weighted by Gasteiger charge is 2.57. The summed E-state index contributed by atoms with van der Waals surface area (Å²) < 4.78 is 33.6. The van der Waals surface area contributed by atoms with Crippen LogP contribution in [0.15, 0.2) is 0 Å². The van der Waals surface area contributed by atoms with Gasteiger partial charge in [-0.1, -0.05) is 194 Å². The number of aliphatic carboxylic acids is 1. The zero-order valence-corrected chi connectivity index (χ0v) is 52.5. The number of hydrogen-bond acceptors (Lipinski definition) is 22. The van der Waals surface area contributed by atoms with E-state index < -0.39 is 173 Å². The van der Waals surface area contributed by atoms with Gasteiger partial charge in [0.1, 0.15) is 79.9 Å². The Bertz CT molecular complexity index is 1830. The Morgan fingerprint density at radius 1 is 0.598 bits per heavy atom. The van der Waals surface area contributed by atoms with E-state index in [-0.39, 0.29) is 12.8 Å². The molecule has 3 rings (SSSR count). The first-order valence-corrected chi connectivity index (χ1v) is 33.0. The summed E-state index contributed by atoms with van der Waals surface area (Å²) in [7, 11) is 0. The molecule has 3 saturated heterocycles. The molecule has 3 fully saturated rings. The van der Waals surface area contributed by atoms with Gasteiger partial charge in [0.2, 0.25) is 11.8 Å². The predicted molar refractivity (Wildman–Crippen MR) is 318 cm³/mol. The van der Waals surface area contributed by atoms with Gasteiger partial charge in [-0.05, 0) is 25.7 Å². The summed E-state index contributed by atoms with van der Waals surface area (Å²) in [5, 5.41) is 155. The van der Waals surface area contributed by atoms with Gasteiger partial charge < -0.3 is 111 Å². The van der Waals surface area contributed by atoms with Crippen molar-refractivity contribution in [1.82, 2.24) is 10.6 Å². The lowest BCUT2D eigenvalue weighted by Crippen LogP contribution is -2.69. The molecule has 2 amide bonds. The maximum absolute atomic E-state index is 13.5. The van der Waals surface area contributed by atoms with Gasteiger partial charge in [0.15, 0.2) is 12.6 Å². The summed E-state index contributed by atoms with van der Waals surface area (Å²) in [6.45, 7) is 4.28. The highest BCUT2D eigenvalue weighted by atomic mass is 16.7. The van der Waals surface area contributed by atoms with Crippen molar-refractivity contribution < 1.29 is 114 Å². The normalized spacial score (nSPS) is 30.2. The van der Waals surface area contributed by atoms with E-state index in [0.29, 0.717) is 18.8 Å². The Morgan fingerprint density at radius 2 is 1.08 bits per heavy atom. The van der Waals surface area contributed by atoms with E-state index in [1.165, 1.54) is 103 Å². The number of carbonyl (C=O) groups is 3. The molecule has 0 bridgehead atoms. The number of nitrogens with one attached hydrogen (secondary N) is 2. The third-order valence-electron chi connectivity index (χ3n) is 17.6. The van der Waals surface area contributed by atoms with Crippen LogP contribution in [-0.4, -0.2) is 238 Å². The van der Waals surface area contributed by atoms with Gasteiger partial charge in [0, 0.05) is 6.42 Å². The second-order valence-electron chi connectivity index (χ2n) is 25.0. The number of carbonyl (C=O) groups excluding carboxylic acids is 2. The first-order chi connectivity index (χ1) is 41.5. The summed E-state index contributed by atoms with van der Waals surface area (Å²) in [5.41, 5.74) is 0. The maximum Gasteiger partial charge on any atom is 0.364 e. The van der Waals surface area contributed by atoms with Gasteiger partial charge in [0.25, 0.3) is 5.79 Å². The summed E-state index contributed by atoms with van der Waals surface area (Å²) in [5.74, 6) is -6.16. The van der Waals surface area contributed by atoms with Crippen molar-refractivity contribution in [3.63, 3.8) is 0 Å². The van der Waals surface area contributed by atoms with Crippen LogP contribution in [0.3, 0.4) is 0 Å². The molecule has 512 valence electrons. The molecule has 25 heteroatoms. The van der Waals surface area contributed by atoms with Crippen molar-refractivity contribution >= 4 is 17.8 Å². The molecule has 21 atom stereocenters. The van der Waals surface area contributed by atoms with Crippen LogP contribution in [0, 0.1) is 5.92 Å². The molecule has 87 heavy (non-hydrogen) atoms. The molecule has 0 spiro atoms. The highest BCUT2D eigenvalue weighted by molar-refractivity contribution is 5.81. The quantitative estimate of drug-likeness (QED) is 0.0389. The van der Waals surface area contributed by atoms with Crippen LogP contribution in [0.2, 0.25) is 0 Å². The van der Waals surface area contributed by atoms with Crippen LogP contribution in [0.4, 0.5) is 0 Å². The van der Waals surface area contributed by atoms with Crippen molar-refractivity contribution in [3.8, 4) is 0 Å². The van der Waals surface area contributed by atoms with Crippen LogP contribution in [0.5, 0.6) is 0 Å². The Morgan fingerprint density at radius 3 is 1.59 bits per heavy atom. The Kier molecular flexibility index (Phi) is 39.4. The summed E-state index contributed by atoms with van der Waals surface area (Å²) in [4.78, 5) is 39.7. The number of aliphatic hydroxyl groups excluding tert-OH is 13. The Labute approximate surface area is 515 Å². The van der Waals surface area contributed by atoms with Gasteiger partial charge in [0.05, 0.1) is 50.2 Å². The minimum Gasteiger partial charge on any atom is -0.477 e. The number of amides is 2. The van der Waals surface area contributed by atoms with Crippen LogP contribution in [-0.2, 0) is 42.8 Å². The Hall–Kier alpha value is -2.35. The fraction of sp³-hybridized carbons (Fsp3) is 0.952. The van der Waals surface area contributed by atoms with E-state index in [1.54, 1.807) is 0 Å². The predicted octanol–water partition coefficient (Wildman–Crippen LogP) is 2.36. The van der Waals surface area contributed by atoms with E-state index in [4.69, 9.17) is 28.4 Å². The maximum atomic E-state index is 13.5. The largest absolute Gasteiger partial charge is 0.477 e. The first-order valence-electron chi connectivity index (χ1n) is 33.0. The highest BCUT2D eigenvalue weighted by Crippen LogP contribution is 2.35. The summed E-state index contributed by atoms with van der Waals surface area (Å²) in [6.07, 6.45) is -0.732. The lowest BCUT2D eigenvalue weighted by atomic mass is 9.88. The second kappa shape index (κ2) is 43.5. The summed E-state index contributed by atoms with van der Waals surface area (Å²) >= 11 is 0. The van der Waals surface area contributed by atoms with Crippen LogP contribution >= 0.6 is 0 Å². The van der Waals surface area contributed by atoms with Gasteiger partial charge in [-0.25, -0.2) is 4.79 Å². The Balaban J connectivity index is 1.63. The molecular weight excluding hydrogens is 1140 g/mol. The monoisotopic (exact) mass is 1260 g/mol. The molecule has 0 aromatic heterocycles. The zero-order chi connectivity index (χ0) is 64.5. The van der Waals surface area contributed by atoms with Crippen molar-refractivity contribution in [3.05, 3.63) is 0 Å². The fourth-order valence-electron chi connectivity index (χ4n) is 11.4. The SMILES string of the molecule is CCCCCCCCCCCCCCCCCCCC[C@@H](O)C(=O)N[C@@H](CO[C@@H]1O[C@H](CO[C@]2(C(=O)O)C[C@H](O)[C@@H](NC(=O)CO[C@@H]3O[C@@H](C)[C@@H](O)[C@@H](O)[C@@H]3O)[C@H](C(O)C(O)CO)O2)[C@@H](O)[C@H](O)[C@H]1O)[C@H](O)[C@H](O)CCCCCCCCCC(C)CC. The minimum atomic E-state index is -2.99. The average Bonchev–Trinajstić information content (AvgIpc) is 1.35. The number of aliphatic hydroxyl groups is 13. The molecule has 3 unspecified atom stereocenters. The molecular formula is C62H116N2O23. The topological polar surface area (TPSA) is 414 Å². The van der Waals surface area contributed by atoms with Crippen LogP contribution in [0.1, 0.15) is 220 Å². The number of unbranched alkanes of at least 4 members (excludes halogenated alkanes) is 23. The second-order valence-corrected chi connectivity index (χ2v) is 25.0. The number of ether oxygens (including phenoxy) is 6. The molecule has 25 nitrogen and oxygen atoms in total. The standard InChI is InChI=1S/C62H116N2O23/c1-5-7-8-9-10-11-12-13-14-15-16-17-18-19-20-23-27-30-33-43(67)58(79)63-41(50(72)42(66)32-29-26-24-21-22-25-28-31-39(3)6-2)36-82-60-56(78)54(76)52(74)46(86-60)37-84-62(61(80)81)34-44(68)48(57(87-62)51(73)45(69)35-65)64-47(70)38-83-59-55(77)53(75)49(71)40(4)85-59/h39-46,48-57,59-60,65-69,71-78H,5-38H2,1-4H3,(H,63,79)(H,64,70)(H,80,81)/t39?,40-,41-,42+,43+,44-,45?,46+,48+,49+,50-,51?,52+,53+,54-,55-,56+,57+,59+,60+,62+/m0/s1. The van der Waals surface area contributed by atoms with Crippen LogP contribution < -0.4 is 10.6 Å². The van der Waals surface area contributed by atoms with E-state index in [0.717, 1.165) is 64.2 Å². The van der Waals surface area contributed by atoms with Crippen LogP contribution in [0.25, 0.3) is 0 Å². The number of carboxylic acids is 1. The van der Waals surface area contributed by atoms with E-state index in [2.05, 4.69) is 31.4 Å². The lowest BCUT2D eigenvalue weighted by Gasteiger charge is -2.47. The molecule has 3 aliphatic rings. The average molecular weight is 1260 g/mol. The summed E-state index contributed by atoms with van der Waals surface area (Å²) in [6, 6.07) is -3.19. The molecule has 0 aromatic rings. The molecule has 3 aliphatic heterocycles. The minimum absolute atomic E-state index is 0.121. The molecule has 0 saturated carbocycles. The molecule has 16 N–H and O–H groups in total. The van der Waals surface area contributed by atoms with Crippen molar-refractivity contribution in [2.75, 3.05) is 26.4 Å². The smallest absolute Gasteiger partial charge is 0.364 e. The third kappa shape index (κ3) is 27.8. The van der Waals surface area contributed by atoms with Gasteiger partial charge in [-0.2, -0.15) is 0 Å². The molecule has 0 aromatic carbocycles.